The number of carbonyl (C=O) groups is 1. The van der Waals surface area contributed by atoms with Gasteiger partial charge in [-0.15, -0.1) is 20.5 Å². The van der Waals surface area contributed by atoms with E-state index in [2.05, 4.69) is 25.4 Å². The molecule has 0 fully saturated rings. The lowest BCUT2D eigenvalue weighted by Gasteiger charge is -1.95. The Hall–Kier alpha value is -3.30. The summed E-state index contributed by atoms with van der Waals surface area (Å²) in [7, 11) is 0. The molecule has 0 spiro atoms. The Kier molecular flexibility index (Phi) is 5.00. The number of hydrogen-bond acceptors (Lipinski definition) is 9. The summed E-state index contributed by atoms with van der Waals surface area (Å²) in [6.07, 6.45) is 0. The number of hydrogen-bond donors (Lipinski definition) is 1. The first kappa shape index (κ1) is 18.1. The van der Waals surface area contributed by atoms with Crippen molar-refractivity contribution < 1.29 is 4.79 Å². The van der Waals surface area contributed by atoms with Crippen LogP contribution in [0.15, 0.2) is 75.1 Å². The van der Waals surface area contributed by atoms with Gasteiger partial charge < -0.3 is 5.73 Å². The second kappa shape index (κ2) is 7.75. The van der Waals surface area contributed by atoms with E-state index in [0.29, 0.717) is 22.1 Å². The normalized spacial score (nSPS) is 11.8. The number of nitrogens with zero attached hydrogens (tertiary/aromatic N) is 5. The van der Waals surface area contributed by atoms with Crippen molar-refractivity contribution in [1.29, 1.82) is 0 Å². The Bertz CT molecular complexity index is 1160. The number of benzene rings is 2. The van der Waals surface area contributed by atoms with Gasteiger partial charge in [-0.1, -0.05) is 22.7 Å². The maximum absolute atomic E-state index is 11.3. The van der Waals surface area contributed by atoms with E-state index in [0.717, 1.165) is 20.2 Å². The number of carbonyl (C=O) groups excluding carboxylic acids is 1. The van der Waals surface area contributed by atoms with Gasteiger partial charge in [0.05, 0.1) is 16.1 Å². The van der Waals surface area contributed by atoms with Crippen LogP contribution in [0, 0.1) is 0 Å². The minimum atomic E-state index is 0.0254. The molecule has 2 N–H and O–H groups in total. The lowest BCUT2D eigenvalue weighted by Crippen LogP contribution is -1.89. The molecule has 0 radical (unpaired) electrons. The number of fused-ring (bicyclic) bond motifs is 1. The van der Waals surface area contributed by atoms with Crippen molar-refractivity contribution >= 4 is 65.2 Å². The number of ketones is 1. The minimum absolute atomic E-state index is 0.0254. The monoisotopic (exact) mass is 406 g/mol. The lowest BCUT2D eigenvalue weighted by molar-refractivity contribution is 0.101. The largest absolute Gasteiger partial charge is 0.399 e. The van der Waals surface area contributed by atoms with E-state index in [4.69, 9.17) is 5.73 Å². The van der Waals surface area contributed by atoms with Crippen LogP contribution < -0.4 is 5.73 Å². The molecule has 0 unspecified atom stereocenters. The number of thiophene rings is 1. The van der Waals surface area contributed by atoms with Crippen molar-refractivity contribution in [2.75, 3.05) is 5.73 Å². The fourth-order valence-corrected chi connectivity index (χ4v) is 4.16. The van der Waals surface area contributed by atoms with Gasteiger partial charge in [0.1, 0.15) is 9.83 Å². The van der Waals surface area contributed by atoms with E-state index in [1.54, 1.807) is 48.5 Å². The summed E-state index contributed by atoms with van der Waals surface area (Å²) in [5.74, 6) is 0.0254. The molecule has 138 valence electrons. The average molecular weight is 406 g/mol. The summed E-state index contributed by atoms with van der Waals surface area (Å²) in [6, 6.07) is 16.1. The van der Waals surface area contributed by atoms with Crippen LogP contribution in [0.4, 0.5) is 27.2 Å². The highest BCUT2D eigenvalue weighted by molar-refractivity contribution is 7.30. The molecule has 0 bridgehead atoms. The number of azo groups is 2. The highest BCUT2D eigenvalue weighted by Gasteiger charge is 2.08. The van der Waals surface area contributed by atoms with Crippen LogP contribution in [-0.2, 0) is 0 Å². The number of rotatable bonds is 5. The van der Waals surface area contributed by atoms with Gasteiger partial charge in [-0.25, -0.2) is 4.98 Å². The van der Waals surface area contributed by atoms with Crippen molar-refractivity contribution in [3.63, 3.8) is 0 Å². The van der Waals surface area contributed by atoms with Crippen LogP contribution in [0.1, 0.15) is 17.3 Å². The van der Waals surface area contributed by atoms with Gasteiger partial charge >= 0.3 is 0 Å². The summed E-state index contributed by atoms with van der Waals surface area (Å²) in [5.41, 5.74) is 8.40. The first-order valence-electron chi connectivity index (χ1n) is 8.27. The van der Waals surface area contributed by atoms with Gasteiger partial charge in [0, 0.05) is 11.3 Å². The van der Waals surface area contributed by atoms with Crippen LogP contribution in [0.2, 0.25) is 0 Å². The van der Waals surface area contributed by atoms with Crippen LogP contribution in [0.3, 0.4) is 0 Å². The lowest BCUT2D eigenvalue weighted by atomic mass is 10.1. The molecular weight excluding hydrogens is 392 g/mol. The van der Waals surface area contributed by atoms with Crippen molar-refractivity contribution in [2.45, 2.75) is 6.92 Å². The summed E-state index contributed by atoms with van der Waals surface area (Å²) >= 11 is 2.88. The predicted molar refractivity (Wildman–Crippen MR) is 113 cm³/mol. The first-order valence-corrected chi connectivity index (χ1v) is 9.90. The van der Waals surface area contributed by atoms with E-state index in [-0.39, 0.29) is 5.78 Å². The summed E-state index contributed by atoms with van der Waals surface area (Å²) in [6.45, 7) is 1.53. The maximum Gasteiger partial charge on any atom is 0.231 e. The molecule has 28 heavy (non-hydrogen) atoms. The Morgan fingerprint density at radius 2 is 1.54 bits per heavy atom. The number of anilines is 1. The van der Waals surface area contributed by atoms with E-state index in [1.807, 2.05) is 6.07 Å². The standard InChI is InChI=1S/C19H14N6OS2/c1-11(26)12-2-6-14(7-3-12)22-24-17-10-16-18(28-17)21-19(27-16)25-23-15-8-4-13(20)5-9-15/h2-10H,20H2,1H3. The van der Waals surface area contributed by atoms with Crippen LogP contribution in [0.25, 0.3) is 9.53 Å². The van der Waals surface area contributed by atoms with Crippen LogP contribution in [-0.4, -0.2) is 10.8 Å². The molecule has 0 saturated heterocycles. The van der Waals surface area contributed by atoms with E-state index in [9.17, 15) is 4.79 Å². The minimum Gasteiger partial charge on any atom is -0.399 e. The molecule has 2 heterocycles. The smallest absolute Gasteiger partial charge is 0.231 e. The fourth-order valence-electron chi connectivity index (χ4n) is 2.32. The Balaban J connectivity index is 1.47. The van der Waals surface area contributed by atoms with Crippen molar-refractivity contribution in [3.8, 4) is 0 Å². The van der Waals surface area contributed by atoms with E-state index < -0.39 is 0 Å². The van der Waals surface area contributed by atoms with Gasteiger partial charge in [0.15, 0.2) is 5.78 Å². The molecule has 4 rings (SSSR count). The highest BCUT2D eigenvalue weighted by Crippen LogP contribution is 2.39. The summed E-state index contributed by atoms with van der Waals surface area (Å²) in [5, 5.41) is 18.1. The summed E-state index contributed by atoms with van der Waals surface area (Å²) < 4.78 is 0.983. The third kappa shape index (κ3) is 4.16. The Morgan fingerprint density at radius 1 is 0.893 bits per heavy atom. The second-order valence-electron chi connectivity index (χ2n) is 5.85. The third-order valence-corrected chi connectivity index (χ3v) is 5.68. The number of Topliss-reactive ketones (excluding diaryl/α,β-unsaturated/α-hetero) is 1. The van der Waals surface area contributed by atoms with Gasteiger partial charge in [-0.2, -0.15) is 0 Å². The zero-order valence-electron chi connectivity index (χ0n) is 14.7. The molecular formula is C19H14N6OS2. The molecule has 0 saturated carbocycles. The van der Waals surface area contributed by atoms with Gasteiger partial charge in [0.25, 0.3) is 0 Å². The SMILES string of the molecule is CC(=O)c1ccc(N=Nc2cc3sc(N=Nc4ccc(N)cc4)nc3s2)cc1. The highest BCUT2D eigenvalue weighted by atomic mass is 32.1. The van der Waals surface area contributed by atoms with Gasteiger partial charge in [0.2, 0.25) is 5.13 Å². The van der Waals surface area contributed by atoms with Crippen molar-refractivity contribution in [3.05, 3.63) is 60.2 Å². The number of nitrogens with two attached hydrogens (primary N) is 1. The summed E-state index contributed by atoms with van der Waals surface area (Å²) in [4.78, 5) is 16.6. The van der Waals surface area contributed by atoms with Crippen LogP contribution >= 0.6 is 22.7 Å². The Labute approximate surface area is 168 Å². The number of nitrogen functional groups attached to an aromatic ring is 1. The zero-order chi connectivity index (χ0) is 19.5. The molecule has 7 nitrogen and oxygen atoms in total. The van der Waals surface area contributed by atoms with Gasteiger partial charge in [-0.3, -0.25) is 4.79 Å². The molecule has 9 heteroatoms. The fraction of sp³-hybridized carbons (Fsp3) is 0.0526. The quantitative estimate of drug-likeness (QED) is 0.220. The molecule has 0 aliphatic heterocycles. The number of thiazole rings is 1. The second-order valence-corrected chi connectivity index (χ2v) is 7.86. The first-order chi connectivity index (χ1) is 13.6. The molecule has 4 aromatic rings. The zero-order valence-corrected chi connectivity index (χ0v) is 16.4. The molecule has 0 amide bonds. The topological polar surface area (TPSA) is 105 Å². The molecule has 2 aromatic heterocycles. The molecule has 0 aliphatic carbocycles. The van der Waals surface area contributed by atoms with E-state index in [1.165, 1.54) is 29.6 Å². The van der Waals surface area contributed by atoms with E-state index >= 15 is 0 Å². The molecule has 0 atom stereocenters. The predicted octanol–water partition coefficient (Wildman–Crippen LogP) is 6.97. The average Bonchev–Trinajstić information content (AvgIpc) is 3.24. The molecule has 2 aromatic carbocycles. The Morgan fingerprint density at radius 3 is 2.18 bits per heavy atom. The maximum atomic E-state index is 11.3. The van der Waals surface area contributed by atoms with Crippen LogP contribution in [0.5, 0.6) is 0 Å². The van der Waals surface area contributed by atoms with Gasteiger partial charge in [-0.05, 0) is 61.5 Å². The van der Waals surface area contributed by atoms with Crippen molar-refractivity contribution in [1.82, 2.24) is 4.98 Å². The third-order valence-electron chi connectivity index (χ3n) is 3.75. The van der Waals surface area contributed by atoms with Crippen molar-refractivity contribution in [2.24, 2.45) is 20.5 Å². The molecule has 0 aliphatic rings. The number of aromatic nitrogens is 1.